The maximum absolute atomic E-state index is 14.6. The summed E-state index contributed by atoms with van der Waals surface area (Å²) in [4.78, 5) is 53.1. The van der Waals surface area contributed by atoms with Gasteiger partial charge >= 0.3 is 11.9 Å². The molecule has 0 amide bonds. The van der Waals surface area contributed by atoms with Crippen LogP contribution in [-0.4, -0.2) is 21.1 Å². The molecule has 2 heterocycles. The standard InChI is InChI=1S/C28H18BrClF4N2O5/c1-9-15-23(17(29)21(33)19(9)31)35(11-3-4-11)7-13(25(15)37)27(39)41-28(40)14-8-36(12-5-6-12)24-16(26(14)38)10(2)20(32)22(34)18(24)30/h7-8,11-12H,3-6H2,1-2H3. The summed E-state index contributed by atoms with van der Waals surface area (Å²) in [7, 11) is 0. The van der Waals surface area contributed by atoms with E-state index in [1.54, 1.807) is 0 Å². The quantitative estimate of drug-likeness (QED) is 0.108. The summed E-state index contributed by atoms with van der Waals surface area (Å²) in [6.07, 6.45) is 4.71. The van der Waals surface area contributed by atoms with E-state index < -0.39 is 62.2 Å². The maximum atomic E-state index is 14.6. The Labute approximate surface area is 241 Å². The van der Waals surface area contributed by atoms with E-state index in [1.165, 1.54) is 16.1 Å². The van der Waals surface area contributed by atoms with Crippen molar-refractivity contribution in [1.29, 1.82) is 0 Å². The van der Waals surface area contributed by atoms with E-state index in [0.717, 1.165) is 19.3 Å². The first-order valence-electron chi connectivity index (χ1n) is 12.5. The van der Waals surface area contributed by atoms with Crippen LogP contribution < -0.4 is 10.9 Å². The lowest BCUT2D eigenvalue weighted by molar-refractivity contribution is 0.0395. The first-order valence-corrected chi connectivity index (χ1v) is 13.7. The molecule has 0 aliphatic heterocycles. The SMILES string of the molecule is Cc1c(F)c(F)c(Cl)c2c1c(=O)c(C(=O)OC(=O)c1cn(C3CC3)c3c(Br)c(F)c(F)c(C)c3c1=O)cn2C1CC1. The molecular weight excluding hydrogens is 636 g/mol. The Hall–Kier alpha value is -3.51. The van der Waals surface area contributed by atoms with Crippen LogP contribution in [0.3, 0.4) is 0 Å². The predicted octanol–water partition coefficient (Wildman–Crippen LogP) is 6.57. The maximum Gasteiger partial charge on any atom is 0.351 e. The summed E-state index contributed by atoms with van der Waals surface area (Å²) in [5.74, 6) is -8.02. The number of aryl methyl sites for hydroxylation is 2. The Morgan fingerprint density at radius 2 is 1.20 bits per heavy atom. The highest BCUT2D eigenvalue weighted by molar-refractivity contribution is 9.10. The highest BCUT2D eigenvalue weighted by Crippen LogP contribution is 2.42. The number of carbonyl (C=O) groups is 2. The number of rotatable bonds is 4. The van der Waals surface area contributed by atoms with Crippen molar-refractivity contribution in [2.24, 2.45) is 0 Å². The second-order valence-corrected chi connectivity index (χ2v) is 11.4. The van der Waals surface area contributed by atoms with Gasteiger partial charge in [0.25, 0.3) is 0 Å². The van der Waals surface area contributed by atoms with E-state index in [0.29, 0.717) is 25.7 Å². The van der Waals surface area contributed by atoms with Gasteiger partial charge in [0.1, 0.15) is 16.1 Å². The van der Waals surface area contributed by atoms with Gasteiger partial charge in [-0.1, -0.05) is 11.6 Å². The smallest absolute Gasteiger partial charge is 0.351 e. The number of halogens is 6. The van der Waals surface area contributed by atoms with Gasteiger partial charge in [0.05, 0.1) is 26.3 Å². The van der Waals surface area contributed by atoms with Crippen molar-refractivity contribution in [1.82, 2.24) is 9.13 Å². The molecule has 13 heteroatoms. The van der Waals surface area contributed by atoms with Crippen LogP contribution >= 0.6 is 27.5 Å². The fourth-order valence-corrected chi connectivity index (χ4v) is 5.98. The van der Waals surface area contributed by atoms with Crippen LogP contribution in [0.25, 0.3) is 21.8 Å². The van der Waals surface area contributed by atoms with Crippen LogP contribution in [0.4, 0.5) is 17.6 Å². The molecule has 2 aromatic carbocycles. The molecule has 0 radical (unpaired) electrons. The van der Waals surface area contributed by atoms with Gasteiger partial charge in [0, 0.05) is 35.6 Å². The average molecular weight is 654 g/mol. The van der Waals surface area contributed by atoms with Crippen LogP contribution in [0.15, 0.2) is 26.5 Å². The monoisotopic (exact) mass is 652 g/mol. The Morgan fingerprint density at radius 1 is 0.780 bits per heavy atom. The highest BCUT2D eigenvalue weighted by atomic mass is 79.9. The third kappa shape index (κ3) is 4.13. The fraction of sp³-hybridized carbons (Fsp3) is 0.286. The zero-order valence-electron chi connectivity index (χ0n) is 21.3. The molecular formula is C28H18BrClF4N2O5. The molecule has 2 aliphatic carbocycles. The minimum absolute atomic E-state index is 0.0558. The molecule has 0 saturated heterocycles. The number of carbonyl (C=O) groups excluding carboxylic acids is 2. The summed E-state index contributed by atoms with van der Waals surface area (Å²) in [5.41, 5.74) is -4.06. The lowest BCUT2D eigenvalue weighted by atomic mass is 10.0. The number of esters is 2. The van der Waals surface area contributed by atoms with Gasteiger partial charge in [0.2, 0.25) is 10.9 Å². The van der Waals surface area contributed by atoms with Crippen molar-refractivity contribution in [3.8, 4) is 0 Å². The molecule has 0 atom stereocenters. The molecule has 4 aromatic rings. The summed E-state index contributed by atoms with van der Waals surface area (Å²) in [6, 6.07) is -0.472. The molecule has 0 unspecified atom stereocenters. The van der Waals surface area contributed by atoms with Crippen LogP contribution in [-0.2, 0) is 4.74 Å². The van der Waals surface area contributed by atoms with Crippen LogP contribution in [0.1, 0.15) is 69.6 Å². The molecule has 0 bridgehead atoms. The van der Waals surface area contributed by atoms with Crippen molar-refractivity contribution < 1.29 is 31.9 Å². The van der Waals surface area contributed by atoms with Crippen molar-refractivity contribution in [3.63, 3.8) is 0 Å². The zero-order valence-corrected chi connectivity index (χ0v) is 23.7. The van der Waals surface area contributed by atoms with E-state index in [-0.39, 0.29) is 49.5 Å². The van der Waals surface area contributed by atoms with E-state index in [1.807, 2.05) is 0 Å². The lowest BCUT2D eigenvalue weighted by Crippen LogP contribution is -2.27. The number of ether oxygens (including phenoxy) is 1. The van der Waals surface area contributed by atoms with Crippen LogP contribution in [0.5, 0.6) is 0 Å². The highest BCUT2D eigenvalue weighted by Gasteiger charge is 2.34. The van der Waals surface area contributed by atoms with E-state index in [9.17, 15) is 36.7 Å². The third-order valence-electron chi connectivity index (χ3n) is 7.57. The van der Waals surface area contributed by atoms with Gasteiger partial charge in [-0.05, 0) is 55.5 Å². The van der Waals surface area contributed by atoms with Crippen LogP contribution in [0.2, 0.25) is 5.02 Å². The summed E-state index contributed by atoms with van der Waals surface area (Å²) < 4.78 is 65.6. The number of nitrogens with zero attached hydrogens (tertiary/aromatic N) is 2. The average Bonchev–Trinajstić information content (AvgIpc) is 3.85. The normalized spacial score (nSPS) is 15.1. The molecule has 2 aromatic heterocycles. The number of hydrogen-bond donors (Lipinski definition) is 0. The van der Waals surface area contributed by atoms with E-state index >= 15 is 0 Å². The Kier molecular flexibility index (Phi) is 6.42. The van der Waals surface area contributed by atoms with Crippen LogP contribution in [0, 0.1) is 37.1 Å². The Bertz CT molecular complexity index is 1870. The predicted molar refractivity (Wildman–Crippen MR) is 145 cm³/mol. The van der Waals surface area contributed by atoms with Gasteiger partial charge in [-0.25, -0.2) is 27.2 Å². The minimum atomic E-state index is -1.43. The van der Waals surface area contributed by atoms with Crippen molar-refractivity contribution in [3.05, 3.63) is 87.9 Å². The molecule has 6 rings (SSSR count). The topological polar surface area (TPSA) is 87.4 Å². The number of benzene rings is 2. The molecule has 2 fully saturated rings. The second kappa shape index (κ2) is 9.52. The second-order valence-electron chi connectivity index (χ2n) is 10.3. The molecule has 0 N–H and O–H groups in total. The molecule has 7 nitrogen and oxygen atoms in total. The molecule has 41 heavy (non-hydrogen) atoms. The van der Waals surface area contributed by atoms with Crippen molar-refractivity contribution >= 4 is 61.3 Å². The number of aromatic nitrogens is 2. The van der Waals surface area contributed by atoms with Gasteiger partial charge < -0.3 is 13.9 Å². The molecule has 0 spiro atoms. The number of fused-ring (bicyclic) bond motifs is 2. The molecule has 2 aliphatic rings. The van der Waals surface area contributed by atoms with Gasteiger partial charge in [0.15, 0.2) is 23.3 Å². The first-order chi connectivity index (χ1) is 19.3. The summed E-state index contributed by atoms with van der Waals surface area (Å²) >= 11 is 9.08. The van der Waals surface area contributed by atoms with Gasteiger partial charge in [-0.2, -0.15) is 0 Å². The molecule has 212 valence electrons. The van der Waals surface area contributed by atoms with Crippen molar-refractivity contribution in [2.45, 2.75) is 51.6 Å². The number of hydrogen-bond acceptors (Lipinski definition) is 5. The van der Waals surface area contributed by atoms with E-state index in [4.69, 9.17) is 16.3 Å². The largest absolute Gasteiger partial charge is 0.385 e. The summed E-state index contributed by atoms with van der Waals surface area (Å²) in [5, 5.41) is -1.23. The minimum Gasteiger partial charge on any atom is -0.385 e. The first kappa shape index (κ1) is 27.6. The van der Waals surface area contributed by atoms with Crippen molar-refractivity contribution in [2.75, 3.05) is 0 Å². The Balaban J connectivity index is 1.49. The third-order valence-corrected chi connectivity index (χ3v) is 8.64. The zero-order chi connectivity index (χ0) is 29.7. The Morgan fingerprint density at radius 3 is 1.66 bits per heavy atom. The van der Waals surface area contributed by atoms with Gasteiger partial charge in [-0.3, -0.25) is 9.59 Å². The van der Waals surface area contributed by atoms with Gasteiger partial charge in [-0.15, -0.1) is 0 Å². The fourth-order valence-electron chi connectivity index (χ4n) is 5.12. The summed E-state index contributed by atoms with van der Waals surface area (Å²) in [6.45, 7) is 2.35. The lowest BCUT2D eigenvalue weighted by Gasteiger charge is -2.17. The number of pyridine rings is 2. The molecule has 2 saturated carbocycles. The van der Waals surface area contributed by atoms with E-state index in [2.05, 4.69) is 15.9 Å².